The normalized spacial score (nSPS) is 10.8. The Morgan fingerprint density at radius 2 is 1.88 bits per heavy atom. The zero-order chi connectivity index (χ0) is 23.4. The van der Waals surface area contributed by atoms with Crippen molar-refractivity contribution in [2.24, 2.45) is 0 Å². The summed E-state index contributed by atoms with van der Waals surface area (Å²) in [7, 11) is 0. The fraction of sp³-hybridized carbons (Fsp3) is 0.208. The van der Waals surface area contributed by atoms with E-state index < -0.39 is 0 Å². The molecule has 2 aromatic carbocycles. The molecule has 7 nitrogen and oxygen atoms in total. The molecule has 4 rings (SSSR count). The number of nitriles is 1. The van der Waals surface area contributed by atoms with E-state index in [1.165, 1.54) is 30.2 Å². The SMILES string of the molecule is Cc1cc(C)cc(N(CCC#N)C(=O)CSc2ncnc3c2cnn3-c2ccc(F)cc2)c1. The molecule has 2 aromatic heterocycles. The van der Waals surface area contributed by atoms with E-state index in [0.29, 0.717) is 28.3 Å². The van der Waals surface area contributed by atoms with E-state index in [1.54, 1.807) is 27.9 Å². The monoisotopic (exact) mass is 460 g/mol. The lowest BCUT2D eigenvalue weighted by Gasteiger charge is -2.22. The van der Waals surface area contributed by atoms with Gasteiger partial charge in [0.05, 0.1) is 35.5 Å². The lowest BCUT2D eigenvalue weighted by atomic mass is 10.1. The number of thioether (sulfide) groups is 1. The summed E-state index contributed by atoms with van der Waals surface area (Å²) in [5.74, 6) is -0.297. The summed E-state index contributed by atoms with van der Waals surface area (Å²) < 4.78 is 14.9. The highest BCUT2D eigenvalue weighted by Crippen LogP contribution is 2.27. The predicted octanol–water partition coefficient (Wildman–Crippen LogP) is 4.61. The number of hydrogen-bond acceptors (Lipinski definition) is 6. The van der Waals surface area contributed by atoms with Crippen LogP contribution in [0.5, 0.6) is 0 Å². The van der Waals surface area contributed by atoms with Crippen LogP contribution in [0.4, 0.5) is 10.1 Å². The molecule has 2 heterocycles. The summed E-state index contributed by atoms with van der Waals surface area (Å²) in [6, 6.07) is 14.0. The van der Waals surface area contributed by atoms with E-state index >= 15 is 0 Å². The van der Waals surface area contributed by atoms with E-state index in [0.717, 1.165) is 16.8 Å². The highest BCUT2D eigenvalue weighted by Gasteiger charge is 2.19. The second kappa shape index (κ2) is 9.79. The van der Waals surface area contributed by atoms with Crippen LogP contribution in [0.15, 0.2) is 60.0 Å². The first-order valence-electron chi connectivity index (χ1n) is 10.3. The third-order valence-electron chi connectivity index (χ3n) is 5.00. The zero-order valence-corrected chi connectivity index (χ0v) is 19.0. The van der Waals surface area contributed by atoms with Crippen LogP contribution >= 0.6 is 11.8 Å². The molecule has 9 heteroatoms. The largest absolute Gasteiger partial charge is 0.311 e. The molecule has 0 saturated heterocycles. The highest BCUT2D eigenvalue weighted by molar-refractivity contribution is 8.00. The molecule has 1 amide bonds. The van der Waals surface area contributed by atoms with Crippen LogP contribution in [0.1, 0.15) is 17.5 Å². The van der Waals surface area contributed by atoms with Gasteiger partial charge < -0.3 is 4.90 Å². The smallest absolute Gasteiger partial charge is 0.237 e. The molecule has 0 atom stereocenters. The molecule has 0 aliphatic rings. The second-order valence-electron chi connectivity index (χ2n) is 7.54. The Balaban J connectivity index is 1.57. The average molecular weight is 461 g/mol. The molecule has 0 bridgehead atoms. The van der Waals surface area contributed by atoms with Crippen LogP contribution in [0, 0.1) is 31.0 Å². The molecule has 166 valence electrons. The van der Waals surface area contributed by atoms with E-state index in [9.17, 15) is 9.18 Å². The summed E-state index contributed by atoms with van der Waals surface area (Å²) in [5.41, 5.74) is 4.14. The van der Waals surface area contributed by atoms with Gasteiger partial charge in [0.25, 0.3) is 0 Å². The number of anilines is 1. The summed E-state index contributed by atoms with van der Waals surface area (Å²) in [4.78, 5) is 23.4. The van der Waals surface area contributed by atoms with E-state index in [4.69, 9.17) is 5.26 Å². The number of hydrogen-bond donors (Lipinski definition) is 0. The topological polar surface area (TPSA) is 87.7 Å². The van der Waals surface area contributed by atoms with Gasteiger partial charge in [-0.15, -0.1) is 0 Å². The maximum absolute atomic E-state index is 13.3. The van der Waals surface area contributed by atoms with Crippen molar-refractivity contribution in [3.05, 3.63) is 71.9 Å². The van der Waals surface area contributed by atoms with Crippen molar-refractivity contribution in [2.45, 2.75) is 25.3 Å². The maximum atomic E-state index is 13.3. The Hall–Kier alpha value is -3.77. The van der Waals surface area contributed by atoms with Gasteiger partial charge >= 0.3 is 0 Å². The van der Waals surface area contributed by atoms with Crippen molar-refractivity contribution >= 4 is 34.4 Å². The summed E-state index contributed by atoms with van der Waals surface area (Å²) in [6.07, 6.45) is 3.31. The summed E-state index contributed by atoms with van der Waals surface area (Å²) in [6.45, 7) is 4.28. The van der Waals surface area contributed by atoms with Crippen LogP contribution in [0.3, 0.4) is 0 Å². The van der Waals surface area contributed by atoms with Gasteiger partial charge in [-0.05, 0) is 61.4 Å². The maximum Gasteiger partial charge on any atom is 0.237 e. The van der Waals surface area contributed by atoms with Crippen molar-refractivity contribution in [3.63, 3.8) is 0 Å². The summed E-state index contributed by atoms with van der Waals surface area (Å²) in [5, 5.41) is 14.8. The number of carbonyl (C=O) groups excluding carboxylic acids is 1. The molecule has 33 heavy (non-hydrogen) atoms. The standard InChI is InChI=1S/C24H21FN6OS/c1-16-10-17(2)12-20(11-16)30(9-3-8-26)22(32)14-33-24-21-13-29-31(23(21)27-15-28-24)19-6-4-18(25)5-7-19/h4-7,10-13,15H,3,9,14H2,1-2H3. The van der Waals surface area contributed by atoms with Gasteiger partial charge in [0.1, 0.15) is 17.2 Å². The summed E-state index contributed by atoms with van der Waals surface area (Å²) >= 11 is 1.30. The van der Waals surface area contributed by atoms with Gasteiger partial charge in [-0.2, -0.15) is 10.4 Å². The van der Waals surface area contributed by atoms with Gasteiger partial charge in [0.2, 0.25) is 5.91 Å². The highest BCUT2D eigenvalue weighted by atomic mass is 32.2. The number of aromatic nitrogens is 4. The lowest BCUT2D eigenvalue weighted by Crippen LogP contribution is -2.33. The van der Waals surface area contributed by atoms with Crippen molar-refractivity contribution in [1.29, 1.82) is 5.26 Å². The molecule has 0 fully saturated rings. The van der Waals surface area contributed by atoms with E-state index in [1.807, 2.05) is 32.0 Å². The number of carbonyl (C=O) groups is 1. The van der Waals surface area contributed by atoms with E-state index in [2.05, 4.69) is 21.1 Å². The number of aryl methyl sites for hydroxylation is 2. The van der Waals surface area contributed by atoms with Gasteiger partial charge in [0.15, 0.2) is 5.65 Å². The number of amides is 1. The number of nitrogens with zero attached hydrogens (tertiary/aromatic N) is 6. The molecule has 0 N–H and O–H groups in total. The number of rotatable bonds is 7. The minimum absolute atomic E-state index is 0.113. The third kappa shape index (κ3) is 5.02. The molecule has 0 aliphatic carbocycles. The number of fused-ring (bicyclic) bond motifs is 1. The number of halogens is 1. The fourth-order valence-corrected chi connectivity index (χ4v) is 4.42. The Morgan fingerprint density at radius 1 is 1.15 bits per heavy atom. The average Bonchev–Trinajstić information content (AvgIpc) is 3.22. The quantitative estimate of drug-likeness (QED) is 0.296. The fourth-order valence-electron chi connectivity index (χ4n) is 3.58. The Labute approximate surface area is 194 Å². The zero-order valence-electron chi connectivity index (χ0n) is 18.2. The minimum Gasteiger partial charge on any atom is -0.311 e. The Bertz CT molecular complexity index is 1330. The van der Waals surface area contributed by atoms with Crippen molar-refractivity contribution in [2.75, 3.05) is 17.2 Å². The first-order chi connectivity index (χ1) is 16.0. The van der Waals surface area contributed by atoms with Crippen LogP contribution in [0.2, 0.25) is 0 Å². The molecule has 4 aromatic rings. The molecule has 0 spiro atoms. The van der Waals surface area contributed by atoms with Gasteiger partial charge in [-0.3, -0.25) is 4.79 Å². The van der Waals surface area contributed by atoms with Crippen molar-refractivity contribution in [3.8, 4) is 11.8 Å². The van der Waals surface area contributed by atoms with Crippen LogP contribution in [-0.2, 0) is 4.79 Å². The molecule has 0 radical (unpaired) electrons. The number of benzene rings is 2. The minimum atomic E-state index is -0.329. The predicted molar refractivity (Wildman–Crippen MR) is 126 cm³/mol. The molecule has 0 saturated carbocycles. The first-order valence-corrected chi connectivity index (χ1v) is 11.3. The molecule has 0 aliphatic heterocycles. The Morgan fingerprint density at radius 3 is 2.58 bits per heavy atom. The van der Waals surface area contributed by atoms with Crippen LogP contribution in [0.25, 0.3) is 16.7 Å². The van der Waals surface area contributed by atoms with Gasteiger partial charge in [0, 0.05) is 12.2 Å². The van der Waals surface area contributed by atoms with Crippen LogP contribution in [-0.4, -0.2) is 38.0 Å². The van der Waals surface area contributed by atoms with Crippen molar-refractivity contribution < 1.29 is 9.18 Å². The van der Waals surface area contributed by atoms with Gasteiger partial charge in [-0.25, -0.2) is 19.0 Å². The molecular weight excluding hydrogens is 439 g/mol. The molecular formula is C24H21FN6OS. The van der Waals surface area contributed by atoms with Crippen LogP contribution < -0.4 is 4.90 Å². The Kier molecular flexibility index (Phi) is 6.66. The lowest BCUT2D eigenvalue weighted by molar-refractivity contribution is -0.116. The second-order valence-corrected chi connectivity index (χ2v) is 8.50. The van der Waals surface area contributed by atoms with Gasteiger partial charge in [-0.1, -0.05) is 17.8 Å². The molecule has 0 unspecified atom stereocenters. The third-order valence-corrected chi connectivity index (χ3v) is 5.99. The van der Waals surface area contributed by atoms with Crippen molar-refractivity contribution in [1.82, 2.24) is 19.7 Å². The van der Waals surface area contributed by atoms with E-state index in [-0.39, 0.29) is 23.9 Å². The first kappa shape index (κ1) is 22.4.